The number of nitrogens with zero attached hydrogens (tertiary/aromatic N) is 1. The van der Waals surface area contributed by atoms with Crippen molar-refractivity contribution in [1.82, 2.24) is 10.3 Å². The minimum Gasteiger partial charge on any atom is -0.376 e. The molecule has 1 aliphatic heterocycles. The van der Waals surface area contributed by atoms with E-state index >= 15 is 0 Å². The highest BCUT2D eigenvalue weighted by atomic mass is 16.5. The van der Waals surface area contributed by atoms with Crippen LogP contribution >= 0.6 is 0 Å². The van der Waals surface area contributed by atoms with Crippen LogP contribution in [0.3, 0.4) is 0 Å². The van der Waals surface area contributed by atoms with Crippen LogP contribution in [0.2, 0.25) is 0 Å². The largest absolute Gasteiger partial charge is 0.376 e. The van der Waals surface area contributed by atoms with Gasteiger partial charge in [0.1, 0.15) is 5.82 Å². The number of rotatable bonds is 3. The van der Waals surface area contributed by atoms with Gasteiger partial charge in [0.05, 0.1) is 17.2 Å². The smallest absolute Gasteiger partial charge is 0.255 e. The molecule has 2 heterocycles. The fourth-order valence-corrected chi connectivity index (χ4v) is 2.11. The Kier molecular flexibility index (Phi) is 3.52. The molecule has 0 aromatic carbocycles. The third-order valence-corrected chi connectivity index (χ3v) is 3.57. The summed E-state index contributed by atoms with van der Waals surface area (Å²) in [5.41, 5.74) is 0.248. The molecule has 5 heteroatoms. The van der Waals surface area contributed by atoms with E-state index in [0.29, 0.717) is 18.0 Å². The van der Waals surface area contributed by atoms with Gasteiger partial charge < -0.3 is 15.4 Å². The Morgan fingerprint density at radius 1 is 1.61 bits per heavy atom. The molecule has 2 N–H and O–H groups in total. The normalized spacial score (nSPS) is 26.9. The fraction of sp³-hybridized carbons (Fsp3) is 0.538. The topological polar surface area (TPSA) is 63.2 Å². The zero-order chi connectivity index (χ0) is 13.2. The number of pyridine rings is 1. The first-order valence-corrected chi connectivity index (χ1v) is 6.14. The third-order valence-electron chi connectivity index (χ3n) is 3.57. The van der Waals surface area contributed by atoms with Gasteiger partial charge in [-0.25, -0.2) is 4.98 Å². The number of hydrogen-bond donors (Lipinski definition) is 2. The van der Waals surface area contributed by atoms with Crippen molar-refractivity contribution in [2.24, 2.45) is 0 Å². The van der Waals surface area contributed by atoms with E-state index < -0.39 is 0 Å². The highest BCUT2D eigenvalue weighted by Gasteiger charge is 2.38. The van der Waals surface area contributed by atoms with Crippen LogP contribution in [-0.2, 0) is 4.74 Å². The van der Waals surface area contributed by atoms with E-state index in [1.807, 2.05) is 13.8 Å². The van der Waals surface area contributed by atoms with Gasteiger partial charge in [-0.05, 0) is 32.4 Å². The molecule has 0 saturated carbocycles. The summed E-state index contributed by atoms with van der Waals surface area (Å²) in [6.07, 6.45) is 2.51. The molecule has 0 aliphatic carbocycles. The molecule has 2 atom stereocenters. The summed E-state index contributed by atoms with van der Waals surface area (Å²) < 4.78 is 5.52. The maximum atomic E-state index is 12.3. The monoisotopic (exact) mass is 249 g/mol. The van der Waals surface area contributed by atoms with Crippen molar-refractivity contribution in [2.75, 3.05) is 19.0 Å². The molecule has 1 fully saturated rings. The van der Waals surface area contributed by atoms with Crippen molar-refractivity contribution in [1.29, 1.82) is 0 Å². The van der Waals surface area contributed by atoms with Gasteiger partial charge in [0.25, 0.3) is 5.91 Å². The number of anilines is 1. The maximum Gasteiger partial charge on any atom is 0.255 e. The summed E-state index contributed by atoms with van der Waals surface area (Å²) in [6, 6.07) is 3.52. The first-order chi connectivity index (χ1) is 8.57. The Morgan fingerprint density at radius 3 is 3.00 bits per heavy atom. The molecule has 1 saturated heterocycles. The highest BCUT2D eigenvalue weighted by Crippen LogP contribution is 2.26. The van der Waals surface area contributed by atoms with Crippen LogP contribution in [0.25, 0.3) is 0 Å². The van der Waals surface area contributed by atoms with Gasteiger partial charge in [-0.2, -0.15) is 0 Å². The minimum atomic E-state index is -0.308. The zero-order valence-electron chi connectivity index (χ0n) is 11.0. The average molecular weight is 249 g/mol. The minimum absolute atomic E-state index is 0.0242. The van der Waals surface area contributed by atoms with Gasteiger partial charge in [0.15, 0.2) is 0 Å². The number of ether oxygens (including phenoxy) is 1. The molecular weight excluding hydrogens is 230 g/mol. The van der Waals surface area contributed by atoms with Gasteiger partial charge in [-0.3, -0.25) is 4.79 Å². The number of amides is 1. The van der Waals surface area contributed by atoms with E-state index in [9.17, 15) is 4.79 Å². The molecule has 2 unspecified atom stereocenters. The SMILES string of the molecule is CNc1ncccc1C(=O)NC1(C)CCOC1C. The molecule has 0 bridgehead atoms. The molecule has 0 spiro atoms. The predicted molar refractivity (Wildman–Crippen MR) is 69.7 cm³/mol. The zero-order valence-corrected chi connectivity index (χ0v) is 11.0. The lowest BCUT2D eigenvalue weighted by molar-refractivity contribution is 0.0728. The van der Waals surface area contributed by atoms with Crippen LogP contribution in [0.5, 0.6) is 0 Å². The molecule has 1 aromatic heterocycles. The highest BCUT2D eigenvalue weighted by molar-refractivity contribution is 5.99. The van der Waals surface area contributed by atoms with E-state index in [1.54, 1.807) is 25.4 Å². The molecule has 5 nitrogen and oxygen atoms in total. The second-order valence-corrected chi connectivity index (χ2v) is 4.78. The predicted octanol–water partition coefficient (Wildman–Crippen LogP) is 1.42. The average Bonchev–Trinajstić information content (AvgIpc) is 2.69. The summed E-state index contributed by atoms with van der Waals surface area (Å²) in [5, 5.41) is 5.97. The number of nitrogens with one attached hydrogen (secondary N) is 2. The first-order valence-electron chi connectivity index (χ1n) is 6.14. The molecule has 2 rings (SSSR count). The van der Waals surface area contributed by atoms with Gasteiger partial charge in [-0.1, -0.05) is 0 Å². The lowest BCUT2D eigenvalue weighted by Crippen LogP contribution is -2.50. The van der Waals surface area contributed by atoms with E-state index in [1.165, 1.54) is 0 Å². The summed E-state index contributed by atoms with van der Waals surface area (Å²) in [7, 11) is 1.75. The first kappa shape index (κ1) is 12.8. The van der Waals surface area contributed by atoms with E-state index in [2.05, 4.69) is 15.6 Å². The van der Waals surface area contributed by atoms with Gasteiger partial charge >= 0.3 is 0 Å². The molecule has 1 amide bonds. The van der Waals surface area contributed by atoms with E-state index in [4.69, 9.17) is 4.74 Å². The van der Waals surface area contributed by atoms with Crippen molar-refractivity contribution in [3.63, 3.8) is 0 Å². The molecule has 1 aliphatic rings. The lowest BCUT2D eigenvalue weighted by atomic mass is 9.94. The maximum absolute atomic E-state index is 12.3. The van der Waals surface area contributed by atoms with Crippen molar-refractivity contribution < 1.29 is 9.53 Å². The van der Waals surface area contributed by atoms with Crippen molar-refractivity contribution in [3.05, 3.63) is 23.9 Å². The standard InChI is InChI=1S/C13H19N3O2/c1-9-13(2,6-8-18-9)16-12(17)10-5-4-7-15-11(10)14-3/h4-5,7,9H,6,8H2,1-3H3,(H,14,15)(H,16,17). The molecule has 18 heavy (non-hydrogen) atoms. The summed E-state index contributed by atoms with van der Waals surface area (Å²) >= 11 is 0. The second kappa shape index (κ2) is 4.94. The van der Waals surface area contributed by atoms with Crippen LogP contribution in [0.15, 0.2) is 18.3 Å². The Labute approximate surface area is 107 Å². The number of carbonyl (C=O) groups is 1. The van der Waals surface area contributed by atoms with Crippen LogP contribution in [0, 0.1) is 0 Å². The van der Waals surface area contributed by atoms with Crippen LogP contribution in [0.1, 0.15) is 30.6 Å². The van der Waals surface area contributed by atoms with Crippen molar-refractivity contribution >= 4 is 11.7 Å². The van der Waals surface area contributed by atoms with E-state index in [0.717, 1.165) is 6.42 Å². The molecule has 98 valence electrons. The molecular formula is C13H19N3O2. The molecule has 1 aromatic rings. The Hall–Kier alpha value is -1.62. The second-order valence-electron chi connectivity index (χ2n) is 4.78. The number of carbonyl (C=O) groups excluding carboxylic acids is 1. The summed E-state index contributed by atoms with van der Waals surface area (Å²) in [6.45, 7) is 4.68. The summed E-state index contributed by atoms with van der Waals surface area (Å²) in [5.74, 6) is 0.470. The van der Waals surface area contributed by atoms with Crippen molar-refractivity contribution in [2.45, 2.75) is 31.9 Å². The quantitative estimate of drug-likeness (QED) is 0.850. The van der Waals surface area contributed by atoms with Crippen LogP contribution < -0.4 is 10.6 Å². The summed E-state index contributed by atoms with van der Waals surface area (Å²) in [4.78, 5) is 16.4. The van der Waals surface area contributed by atoms with E-state index in [-0.39, 0.29) is 17.6 Å². The van der Waals surface area contributed by atoms with Gasteiger partial charge in [-0.15, -0.1) is 0 Å². The number of hydrogen-bond acceptors (Lipinski definition) is 4. The fourth-order valence-electron chi connectivity index (χ4n) is 2.11. The lowest BCUT2D eigenvalue weighted by Gasteiger charge is -2.29. The van der Waals surface area contributed by atoms with Crippen molar-refractivity contribution in [3.8, 4) is 0 Å². The number of aromatic nitrogens is 1. The third kappa shape index (κ3) is 2.31. The van der Waals surface area contributed by atoms with Gasteiger partial charge in [0.2, 0.25) is 0 Å². The molecule has 0 radical (unpaired) electrons. The van der Waals surface area contributed by atoms with Gasteiger partial charge in [0, 0.05) is 19.9 Å². The Bertz CT molecular complexity index is 450. The van der Waals surface area contributed by atoms with Crippen LogP contribution in [0.4, 0.5) is 5.82 Å². The van der Waals surface area contributed by atoms with Crippen LogP contribution in [-0.4, -0.2) is 36.2 Å². The Balaban J connectivity index is 2.17. The Morgan fingerprint density at radius 2 is 2.39 bits per heavy atom.